The van der Waals surface area contributed by atoms with Gasteiger partial charge >= 0.3 is 0 Å². The lowest BCUT2D eigenvalue weighted by Crippen LogP contribution is -2.01. The molecule has 2 rings (SSSR count). The standard InChI is InChI=1S/C13H12ClFN2O/c1-18-13-5-2-9(8-17-13)7-16-12-4-3-10(15)6-11(12)14/h2-6,8,16H,7H2,1H3. The van der Waals surface area contributed by atoms with Crippen LogP contribution in [0.15, 0.2) is 36.5 Å². The first-order valence-corrected chi connectivity index (χ1v) is 5.74. The SMILES string of the molecule is COc1ccc(CNc2ccc(F)cc2Cl)cn1. The van der Waals surface area contributed by atoms with Crippen molar-refractivity contribution in [2.75, 3.05) is 12.4 Å². The molecule has 94 valence electrons. The van der Waals surface area contributed by atoms with Crippen LogP contribution in [0, 0.1) is 5.82 Å². The molecule has 0 aliphatic carbocycles. The second kappa shape index (κ2) is 5.69. The minimum absolute atomic E-state index is 0.350. The molecule has 1 aromatic heterocycles. The highest BCUT2D eigenvalue weighted by molar-refractivity contribution is 6.33. The van der Waals surface area contributed by atoms with E-state index in [0.717, 1.165) is 5.56 Å². The number of nitrogens with zero attached hydrogens (tertiary/aromatic N) is 1. The first-order valence-electron chi connectivity index (χ1n) is 5.37. The normalized spacial score (nSPS) is 10.2. The predicted molar refractivity (Wildman–Crippen MR) is 69.5 cm³/mol. The molecule has 0 aliphatic heterocycles. The van der Waals surface area contributed by atoms with E-state index in [1.807, 2.05) is 6.07 Å². The number of rotatable bonds is 4. The first kappa shape index (κ1) is 12.6. The van der Waals surface area contributed by atoms with Crippen molar-refractivity contribution in [3.63, 3.8) is 0 Å². The number of aromatic nitrogens is 1. The van der Waals surface area contributed by atoms with Gasteiger partial charge in [0.2, 0.25) is 5.88 Å². The van der Waals surface area contributed by atoms with Crippen LogP contribution in [-0.4, -0.2) is 12.1 Å². The van der Waals surface area contributed by atoms with Crippen LogP contribution in [-0.2, 0) is 6.54 Å². The Hall–Kier alpha value is -1.81. The smallest absolute Gasteiger partial charge is 0.212 e. The number of ether oxygens (including phenoxy) is 1. The van der Waals surface area contributed by atoms with Gasteiger partial charge in [0.15, 0.2) is 0 Å². The summed E-state index contributed by atoms with van der Waals surface area (Å²) in [6.45, 7) is 0.558. The summed E-state index contributed by atoms with van der Waals surface area (Å²) in [5, 5.41) is 3.47. The number of halogens is 2. The van der Waals surface area contributed by atoms with E-state index in [0.29, 0.717) is 23.1 Å². The van der Waals surface area contributed by atoms with Crippen LogP contribution in [0.2, 0.25) is 5.02 Å². The number of anilines is 1. The summed E-state index contributed by atoms with van der Waals surface area (Å²) >= 11 is 5.91. The third-order valence-corrected chi connectivity index (χ3v) is 2.73. The molecule has 3 nitrogen and oxygen atoms in total. The fourth-order valence-electron chi connectivity index (χ4n) is 1.47. The van der Waals surface area contributed by atoms with Gasteiger partial charge in [0.05, 0.1) is 17.8 Å². The van der Waals surface area contributed by atoms with Gasteiger partial charge in [-0.05, 0) is 23.8 Å². The lowest BCUT2D eigenvalue weighted by Gasteiger charge is -2.08. The largest absolute Gasteiger partial charge is 0.481 e. The zero-order valence-corrected chi connectivity index (χ0v) is 10.5. The van der Waals surface area contributed by atoms with Gasteiger partial charge < -0.3 is 10.1 Å². The number of pyridine rings is 1. The van der Waals surface area contributed by atoms with Crippen molar-refractivity contribution >= 4 is 17.3 Å². The number of methoxy groups -OCH3 is 1. The molecule has 5 heteroatoms. The molecular formula is C13H12ClFN2O. The van der Waals surface area contributed by atoms with Crippen LogP contribution in [0.25, 0.3) is 0 Å². The maximum absolute atomic E-state index is 12.9. The molecule has 0 saturated carbocycles. The van der Waals surface area contributed by atoms with Gasteiger partial charge in [-0.15, -0.1) is 0 Å². The summed E-state index contributed by atoms with van der Waals surface area (Å²) in [5.74, 6) is 0.218. The Balaban J connectivity index is 2.02. The molecule has 1 aromatic carbocycles. The summed E-state index contributed by atoms with van der Waals surface area (Å²) in [7, 11) is 1.57. The molecular weight excluding hydrogens is 255 g/mol. The summed E-state index contributed by atoms with van der Waals surface area (Å²) in [4.78, 5) is 4.09. The van der Waals surface area contributed by atoms with E-state index in [2.05, 4.69) is 10.3 Å². The van der Waals surface area contributed by atoms with Gasteiger partial charge in [-0.2, -0.15) is 0 Å². The van der Waals surface area contributed by atoms with Crippen molar-refractivity contribution in [3.05, 3.63) is 52.9 Å². The fourth-order valence-corrected chi connectivity index (χ4v) is 1.70. The highest BCUT2D eigenvalue weighted by Gasteiger charge is 2.02. The van der Waals surface area contributed by atoms with E-state index in [4.69, 9.17) is 16.3 Å². The van der Waals surface area contributed by atoms with Gasteiger partial charge in [-0.3, -0.25) is 0 Å². The predicted octanol–water partition coefficient (Wildman–Crippen LogP) is 3.49. The van der Waals surface area contributed by atoms with E-state index in [1.54, 1.807) is 25.4 Å². The molecule has 0 spiro atoms. The molecule has 0 saturated heterocycles. The van der Waals surface area contributed by atoms with Crippen molar-refractivity contribution in [2.24, 2.45) is 0 Å². The van der Waals surface area contributed by atoms with E-state index < -0.39 is 0 Å². The number of benzene rings is 1. The molecule has 18 heavy (non-hydrogen) atoms. The molecule has 1 heterocycles. The molecule has 2 aromatic rings. The molecule has 0 amide bonds. The maximum atomic E-state index is 12.9. The Bertz CT molecular complexity index is 531. The highest BCUT2D eigenvalue weighted by atomic mass is 35.5. The van der Waals surface area contributed by atoms with Crippen molar-refractivity contribution < 1.29 is 9.13 Å². The second-order valence-corrected chi connectivity index (χ2v) is 4.09. The fraction of sp³-hybridized carbons (Fsp3) is 0.154. The topological polar surface area (TPSA) is 34.1 Å². The van der Waals surface area contributed by atoms with Crippen molar-refractivity contribution in [1.29, 1.82) is 0 Å². The summed E-state index contributed by atoms with van der Waals surface area (Å²) in [5.41, 5.74) is 1.67. The molecule has 0 unspecified atom stereocenters. The van der Waals surface area contributed by atoms with Crippen LogP contribution in [0.3, 0.4) is 0 Å². The average molecular weight is 267 g/mol. The van der Waals surface area contributed by atoms with Crippen LogP contribution >= 0.6 is 11.6 Å². The van der Waals surface area contributed by atoms with Gasteiger partial charge in [-0.1, -0.05) is 17.7 Å². The molecule has 0 bridgehead atoms. The quantitative estimate of drug-likeness (QED) is 0.920. The van der Waals surface area contributed by atoms with Crippen LogP contribution in [0.4, 0.5) is 10.1 Å². The zero-order valence-electron chi connectivity index (χ0n) is 9.78. The summed E-state index contributed by atoms with van der Waals surface area (Å²) in [6, 6.07) is 7.92. The Morgan fingerprint density at radius 1 is 1.33 bits per heavy atom. The monoisotopic (exact) mass is 266 g/mol. The number of nitrogens with one attached hydrogen (secondary N) is 1. The van der Waals surface area contributed by atoms with Crippen molar-refractivity contribution in [2.45, 2.75) is 6.54 Å². The lowest BCUT2D eigenvalue weighted by atomic mass is 10.2. The van der Waals surface area contributed by atoms with E-state index in [1.165, 1.54) is 12.1 Å². The second-order valence-electron chi connectivity index (χ2n) is 3.69. The Morgan fingerprint density at radius 2 is 2.17 bits per heavy atom. The Labute approximate surface area is 110 Å². The number of hydrogen-bond donors (Lipinski definition) is 1. The van der Waals surface area contributed by atoms with Gasteiger partial charge in [0.25, 0.3) is 0 Å². The average Bonchev–Trinajstić information content (AvgIpc) is 2.38. The molecule has 1 N–H and O–H groups in total. The van der Waals surface area contributed by atoms with E-state index >= 15 is 0 Å². The highest BCUT2D eigenvalue weighted by Crippen LogP contribution is 2.23. The molecule has 0 fully saturated rings. The van der Waals surface area contributed by atoms with Crippen LogP contribution in [0.1, 0.15) is 5.56 Å². The minimum atomic E-state index is -0.350. The Morgan fingerprint density at radius 3 is 2.78 bits per heavy atom. The molecule has 0 atom stereocenters. The summed E-state index contributed by atoms with van der Waals surface area (Å²) in [6.07, 6.45) is 1.71. The van der Waals surface area contributed by atoms with Crippen molar-refractivity contribution in [1.82, 2.24) is 4.98 Å². The van der Waals surface area contributed by atoms with Gasteiger partial charge in [0, 0.05) is 18.8 Å². The first-order chi connectivity index (χ1) is 8.69. The molecule has 0 radical (unpaired) electrons. The van der Waals surface area contributed by atoms with Crippen LogP contribution in [0.5, 0.6) is 5.88 Å². The lowest BCUT2D eigenvalue weighted by molar-refractivity contribution is 0.397. The van der Waals surface area contributed by atoms with Gasteiger partial charge in [-0.25, -0.2) is 9.37 Å². The van der Waals surface area contributed by atoms with E-state index in [9.17, 15) is 4.39 Å². The molecule has 0 aliphatic rings. The third-order valence-electron chi connectivity index (χ3n) is 2.42. The Kier molecular flexibility index (Phi) is 3.99. The van der Waals surface area contributed by atoms with Crippen LogP contribution < -0.4 is 10.1 Å². The minimum Gasteiger partial charge on any atom is -0.481 e. The van der Waals surface area contributed by atoms with Gasteiger partial charge in [0.1, 0.15) is 5.82 Å². The maximum Gasteiger partial charge on any atom is 0.212 e. The number of hydrogen-bond acceptors (Lipinski definition) is 3. The van der Waals surface area contributed by atoms with E-state index in [-0.39, 0.29) is 5.82 Å². The zero-order chi connectivity index (χ0) is 13.0. The third kappa shape index (κ3) is 3.11. The summed E-state index contributed by atoms with van der Waals surface area (Å²) < 4.78 is 17.8. The van der Waals surface area contributed by atoms with Crippen molar-refractivity contribution in [3.8, 4) is 5.88 Å².